The number of amides is 1. The molecule has 152 valence electrons. The van der Waals surface area contributed by atoms with Gasteiger partial charge in [-0.25, -0.2) is 17.1 Å². The maximum absolute atomic E-state index is 13.2. The molecule has 0 radical (unpaired) electrons. The van der Waals surface area contributed by atoms with Crippen molar-refractivity contribution >= 4 is 33.3 Å². The van der Waals surface area contributed by atoms with Crippen molar-refractivity contribution in [2.75, 3.05) is 24.7 Å². The van der Waals surface area contributed by atoms with Gasteiger partial charge >= 0.3 is 0 Å². The van der Waals surface area contributed by atoms with Gasteiger partial charge in [0.1, 0.15) is 5.82 Å². The Labute approximate surface area is 168 Å². The number of benzene rings is 1. The van der Waals surface area contributed by atoms with Gasteiger partial charge in [0.2, 0.25) is 15.9 Å². The number of nitrogens with one attached hydrogen (secondary N) is 1. The molecule has 0 unspecified atom stereocenters. The van der Waals surface area contributed by atoms with Crippen LogP contribution >= 0.6 is 11.6 Å². The summed E-state index contributed by atoms with van der Waals surface area (Å²) >= 11 is 6.07. The van der Waals surface area contributed by atoms with Crippen LogP contribution in [0.25, 0.3) is 0 Å². The molecule has 1 aromatic heterocycles. The topological polar surface area (TPSA) is 84.3 Å². The van der Waals surface area contributed by atoms with Gasteiger partial charge in [-0.05, 0) is 37.5 Å². The molecule has 1 aliphatic rings. The number of hydrogen-bond acceptors (Lipinski definition) is 4. The SMILES string of the molecule is Cc1cc(NC(=O)C2CCN(S(C)(=O)=O)CC2)nn1Cc1ccc(F)cc1Cl. The number of carbonyl (C=O) groups is 1. The molecule has 0 atom stereocenters. The van der Waals surface area contributed by atoms with E-state index in [0.29, 0.717) is 43.3 Å². The summed E-state index contributed by atoms with van der Waals surface area (Å²) in [6.07, 6.45) is 2.13. The van der Waals surface area contributed by atoms with E-state index in [1.54, 1.807) is 16.8 Å². The van der Waals surface area contributed by atoms with Crippen molar-refractivity contribution in [2.45, 2.75) is 26.3 Å². The molecule has 1 amide bonds. The highest BCUT2D eigenvalue weighted by Crippen LogP contribution is 2.22. The minimum atomic E-state index is -3.22. The standard InChI is InChI=1S/C18H22ClFN4O3S/c1-12-9-17(22-24(12)11-14-3-4-15(20)10-16(14)19)21-18(25)13-5-7-23(8-6-13)28(2,26)27/h3-4,9-10,13H,5-8,11H2,1-2H3,(H,21,22,25). The number of rotatable bonds is 5. The highest BCUT2D eigenvalue weighted by atomic mass is 35.5. The van der Waals surface area contributed by atoms with E-state index in [1.165, 1.54) is 22.7 Å². The van der Waals surface area contributed by atoms with E-state index in [2.05, 4.69) is 10.4 Å². The Hall–Kier alpha value is -1.97. The third-order valence-electron chi connectivity index (χ3n) is 4.86. The molecule has 0 saturated carbocycles. The number of sulfonamides is 1. The molecule has 0 aliphatic carbocycles. The zero-order valence-corrected chi connectivity index (χ0v) is 17.2. The molecule has 2 heterocycles. The molecule has 7 nitrogen and oxygen atoms in total. The van der Waals surface area contributed by atoms with Crippen LogP contribution in [0.4, 0.5) is 10.2 Å². The Morgan fingerprint density at radius 2 is 2.00 bits per heavy atom. The van der Waals surface area contributed by atoms with Crippen LogP contribution < -0.4 is 5.32 Å². The van der Waals surface area contributed by atoms with Crippen LogP contribution in [0.3, 0.4) is 0 Å². The fourth-order valence-corrected chi connectivity index (χ4v) is 4.32. The van der Waals surface area contributed by atoms with E-state index in [1.807, 2.05) is 6.92 Å². The van der Waals surface area contributed by atoms with Crippen molar-refractivity contribution in [1.82, 2.24) is 14.1 Å². The van der Waals surface area contributed by atoms with Gasteiger partial charge in [-0.15, -0.1) is 0 Å². The normalized spacial score (nSPS) is 16.3. The first-order chi connectivity index (χ1) is 13.1. The molecule has 1 saturated heterocycles. The van der Waals surface area contributed by atoms with Gasteiger partial charge in [0.25, 0.3) is 0 Å². The summed E-state index contributed by atoms with van der Waals surface area (Å²) in [6.45, 7) is 2.89. The molecular formula is C18H22ClFN4O3S. The number of aromatic nitrogens is 2. The first kappa shape index (κ1) is 20.8. The van der Waals surface area contributed by atoms with Gasteiger partial charge in [0.05, 0.1) is 12.8 Å². The smallest absolute Gasteiger partial charge is 0.228 e. The first-order valence-electron chi connectivity index (χ1n) is 8.88. The zero-order chi connectivity index (χ0) is 20.5. The second kappa shape index (κ2) is 8.18. The summed E-state index contributed by atoms with van der Waals surface area (Å²) in [5, 5.41) is 7.51. The van der Waals surface area contributed by atoms with Crippen molar-refractivity contribution in [3.63, 3.8) is 0 Å². The van der Waals surface area contributed by atoms with Crippen molar-refractivity contribution in [3.05, 3.63) is 46.4 Å². The lowest BCUT2D eigenvalue weighted by Gasteiger charge is -2.29. The van der Waals surface area contributed by atoms with Crippen LogP contribution in [0.2, 0.25) is 5.02 Å². The molecule has 2 aromatic rings. The number of aryl methyl sites for hydroxylation is 1. The Balaban J connectivity index is 1.63. The minimum absolute atomic E-state index is 0.169. The van der Waals surface area contributed by atoms with Crippen LogP contribution in [-0.2, 0) is 21.4 Å². The Morgan fingerprint density at radius 3 is 2.61 bits per heavy atom. The average Bonchev–Trinajstić information content (AvgIpc) is 2.96. The predicted octanol–water partition coefficient (Wildman–Crippen LogP) is 2.64. The lowest BCUT2D eigenvalue weighted by molar-refractivity contribution is -0.120. The summed E-state index contributed by atoms with van der Waals surface area (Å²) in [5.74, 6) is -0.403. The number of halogens is 2. The number of anilines is 1. The van der Waals surface area contributed by atoms with E-state index >= 15 is 0 Å². The summed E-state index contributed by atoms with van der Waals surface area (Å²) < 4.78 is 39.4. The predicted molar refractivity (Wildman–Crippen MR) is 105 cm³/mol. The van der Waals surface area contributed by atoms with Gasteiger partial charge in [-0.1, -0.05) is 17.7 Å². The zero-order valence-electron chi connectivity index (χ0n) is 15.7. The Bertz CT molecular complexity index is 985. The summed E-state index contributed by atoms with van der Waals surface area (Å²) in [5.41, 5.74) is 1.54. The van der Waals surface area contributed by atoms with Gasteiger partial charge in [0.15, 0.2) is 5.82 Å². The first-order valence-corrected chi connectivity index (χ1v) is 11.1. The monoisotopic (exact) mass is 428 g/mol. The molecule has 1 aliphatic heterocycles. The largest absolute Gasteiger partial charge is 0.309 e. The van der Waals surface area contributed by atoms with E-state index in [0.717, 1.165) is 11.3 Å². The summed E-state index contributed by atoms with van der Waals surface area (Å²) in [4.78, 5) is 12.5. The highest BCUT2D eigenvalue weighted by molar-refractivity contribution is 7.88. The molecule has 0 bridgehead atoms. The van der Waals surface area contributed by atoms with E-state index in [-0.39, 0.29) is 11.8 Å². The van der Waals surface area contributed by atoms with Crippen molar-refractivity contribution in [1.29, 1.82) is 0 Å². The molecule has 1 aromatic carbocycles. The molecule has 0 spiro atoms. The van der Waals surface area contributed by atoms with Gasteiger partial charge in [-0.2, -0.15) is 5.10 Å². The number of piperidine rings is 1. The third kappa shape index (κ3) is 4.89. The van der Waals surface area contributed by atoms with Crippen LogP contribution in [0.1, 0.15) is 24.1 Å². The van der Waals surface area contributed by atoms with Crippen molar-refractivity contribution < 1.29 is 17.6 Å². The second-order valence-electron chi connectivity index (χ2n) is 6.99. The lowest BCUT2D eigenvalue weighted by Crippen LogP contribution is -2.40. The molecule has 1 N–H and O–H groups in total. The van der Waals surface area contributed by atoms with E-state index in [4.69, 9.17) is 11.6 Å². The number of carbonyl (C=O) groups excluding carboxylic acids is 1. The molecule has 28 heavy (non-hydrogen) atoms. The van der Waals surface area contributed by atoms with E-state index < -0.39 is 15.8 Å². The quantitative estimate of drug-likeness (QED) is 0.793. The summed E-state index contributed by atoms with van der Waals surface area (Å²) in [6, 6.07) is 5.94. The van der Waals surface area contributed by atoms with Crippen LogP contribution in [0.5, 0.6) is 0 Å². The molecular weight excluding hydrogens is 407 g/mol. The lowest BCUT2D eigenvalue weighted by atomic mass is 9.97. The van der Waals surface area contributed by atoms with Crippen LogP contribution in [0.15, 0.2) is 24.3 Å². The van der Waals surface area contributed by atoms with Crippen molar-refractivity contribution in [3.8, 4) is 0 Å². The van der Waals surface area contributed by atoms with Crippen LogP contribution in [0, 0.1) is 18.7 Å². The molecule has 3 rings (SSSR count). The second-order valence-corrected chi connectivity index (χ2v) is 9.38. The number of hydrogen-bond donors (Lipinski definition) is 1. The van der Waals surface area contributed by atoms with Crippen LogP contribution in [-0.4, -0.2) is 47.8 Å². The summed E-state index contributed by atoms with van der Waals surface area (Å²) in [7, 11) is -3.22. The highest BCUT2D eigenvalue weighted by Gasteiger charge is 2.29. The number of nitrogens with zero attached hydrogens (tertiary/aromatic N) is 3. The Morgan fingerprint density at radius 1 is 1.32 bits per heavy atom. The van der Waals surface area contributed by atoms with Gasteiger partial charge in [-0.3, -0.25) is 9.48 Å². The average molecular weight is 429 g/mol. The van der Waals surface area contributed by atoms with Gasteiger partial charge < -0.3 is 5.32 Å². The van der Waals surface area contributed by atoms with Gasteiger partial charge in [0, 0.05) is 35.8 Å². The Kier molecular flexibility index (Phi) is 6.07. The fraction of sp³-hybridized carbons (Fsp3) is 0.444. The fourth-order valence-electron chi connectivity index (χ4n) is 3.22. The molecule has 1 fully saturated rings. The maximum atomic E-state index is 13.2. The van der Waals surface area contributed by atoms with Crippen molar-refractivity contribution in [2.24, 2.45) is 5.92 Å². The molecule has 10 heteroatoms. The maximum Gasteiger partial charge on any atom is 0.228 e. The third-order valence-corrected chi connectivity index (χ3v) is 6.52. The van der Waals surface area contributed by atoms with E-state index in [9.17, 15) is 17.6 Å². The minimum Gasteiger partial charge on any atom is -0.309 e.